The molecule has 3 aromatic heterocycles. The highest BCUT2D eigenvalue weighted by molar-refractivity contribution is 5.80. The van der Waals surface area contributed by atoms with Crippen LogP contribution in [-0.2, 0) is 45.1 Å². The number of aromatic amines is 1. The van der Waals surface area contributed by atoms with Crippen molar-refractivity contribution in [1.29, 1.82) is 0 Å². The standard InChI is InChI=1S/C28H28N8O6/c1-4-7-21-29-26-24(27(39)36(16-23(38)42-3)28(40)35(26)15-22(37)41-2)34(21)14-17-10-12-18(13-11-17)19-8-5-6-9-20(19)25-30-32-33-31-25/h5-6,8-13H,4,7,14-16H2,1-3H3,(H,30,31,32,33). The number of carbonyl (C=O) groups excluding carboxylic acids is 2. The van der Waals surface area contributed by atoms with E-state index in [1.807, 2.05) is 55.5 Å². The van der Waals surface area contributed by atoms with Crippen molar-refractivity contribution in [3.05, 3.63) is 80.8 Å². The number of aromatic nitrogens is 8. The van der Waals surface area contributed by atoms with E-state index in [1.54, 1.807) is 4.57 Å². The number of hydrogen-bond acceptors (Lipinski definition) is 10. The van der Waals surface area contributed by atoms with Gasteiger partial charge in [0.2, 0.25) is 5.82 Å². The molecule has 5 aromatic rings. The van der Waals surface area contributed by atoms with Gasteiger partial charge in [0.15, 0.2) is 11.2 Å². The normalized spacial score (nSPS) is 11.1. The molecular formula is C28H28N8O6. The monoisotopic (exact) mass is 572 g/mol. The maximum Gasteiger partial charge on any atom is 0.333 e. The van der Waals surface area contributed by atoms with Gasteiger partial charge in [-0.25, -0.2) is 14.3 Å². The topological polar surface area (TPSA) is 169 Å². The lowest BCUT2D eigenvalue weighted by molar-refractivity contribution is -0.141. The summed E-state index contributed by atoms with van der Waals surface area (Å²) in [5, 5.41) is 14.3. The third kappa shape index (κ3) is 5.33. The Kier molecular flexibility index (Phi) is 8.04. The molecule has 0 aliphatic carbocycles. The van der Waals surface area contributed by atoms with Crippen LogP contribution in [0.25, 0.3) is 33.7 Å². The summed E-state index contributed by atoms with van der Waals surface area (Å²) < 4.78 is 13.0. The molecule has 42 heavy (non-hydrogen) atoms. The van der Waals surface area contributed by atoms with Crippen molar-refractivity contribution >= 4 is 23.1 Å². The van der Waals surface area contributed by atoms with Crippen LogP contribution < -0.4 is 11.2 Å². The van der Waals surface area contributed by atoms with E-state index in [0.717, 1.165) is 38.5 Å². The summed E-state index contributed by atoms with van der Waals surface area (Å²) in [6.45, 7) is 1.12. The smallest absolute Gasteiger partial charge is 0.333 e. The zero-order valence-electron chi connectivity index (χ0n) is 23.2. The molecule has 3 heterocycles. The molecule has 0 atom stereocenters. The molecule has 0 aliphatic heterocycles. The third-order valence-electron chi connectivity index (χ3n) is 6.82. The van der Waals surface area contributed by atoms with Crippen LogP contribution in [0.5, 0.6) is 0 Å². The van der Waals surface area contributed by atoms with Crippen molar-refractivity contribution in [2.24, 2.45) is 0 Å². The number of imidazole rings is 1. The van der Waals surface area contributed by atoms with Crippen molar-refractivity contribution in [3.63, 3.8) is 0 Å². The summed E-state index contributed by atoms with van der Waals surface area (Å²) in [5.74, 6) is -0.449. The maximum atomic E-state index is 13.7. The zero-order valence-corrected chi connectivity index (χ0v) is 23.2. The number of tetrazole rings is 1. The minimum atomic E-state index is -0.861. The lowest BCUT2D eigenvalue weighted by Crippen LogP contribution is -2.43. The summed E-state index contributed by atoms with van der Waals surface area (Å²) >= 11 is 0. The van der Waals surface area contributed by atoms with Gasteiger partial charge in [-0.3, -0.25) is 19.0 Å². The molecule has 0 saturated heterocycles. The van der Waals surface area contributed by atoms with Crippen molar-refractivity contribution in [3.8, 4) is 22.5 Å². The number of ether oxygens (including phenoxy) is 2. The van der Waals surface area contributed by atoms with E-state index in [9.17, 15) is 19.2 Å². The van der Waals surface area contributed by atoms with Crippen LogP contribution in [0.4, 0.5) is 0 Å². The van der Waals surface area contributed by atoms with Crippen molar-refractivity contribution in [1.82, 2.24) is 39.3 Å². The van der Waals surface area contributed by atoms with Gasteiger partial charge in [-0.2, -0.15) is 5.21 Å². The lowest BCUT2D eigenvalue weighted by Gasteiger charge is -2.13. The van der Waals surface area contributed by atoms with Gasteiger partial charge in [-0.05, 0) is 28.3 Å². The van der Waals surface area contributed by atoms with Crippen molar-refractivity contribution in [2.75, 3.05) is 14.2 Å². The van der Waals surface area contributed by atoms with Crippen molar-refractivity contribution < 1.29 is 19.1 Å². The summed E-state index contributed by atoms with van der Waals surface area (Å²) in [5.41, 5.74) is 2.10. The van der Waals surface area contributed by atoms with Gasteiger partial charge in [-0.1, -0.05) is 55.5 Å². The molecule has 0 fully saturated rings. The first-order valence-corrected chi connectivity index (χ1v) is 13.1. The highest BCUT2D eigenvalue weighted by Gasteiger charge is 2.24. The van der Waals surface area contributed by atoms with Gasteiger partial charge in [0, 0.05) is 18.5 Å². The average Bonchev–Trinajstić information content (AvgIpc) is 3.67. The lowest BCUT2D eigenvalue weighted by atomic mass is 9.98. The fourth-order valence-electron chi connectivity index (χ4n) is 4.77. The number of aryl methyl sites for hydroxylation is 1. The number of hydrogen-bond donors (Lipinski definition) is 1. The van der Waals surface area contributed by atoms with Crippen LogP contribution >= 0.6 is 0 Å². The molecule has 0 amide bonds. The van der Waals surface area contributed by atoms with E-state index < -0.39 is 36.3 Å². The van der Waals surface area contributed by atoms with Crippen LogP contribution in [0.3, 0.4) is 0 Å². The number of nitrogens with one attached hydrogen (secondary N) is 1. The molecule has 0 unspecified atom stereocenters. The van der Waals surface area contributed by atoms with Crippen LogP contribution in [0.1, 0.15) is 24.7 Å². The predicted octanol–water partition coefficient (Wildman–Crippen LogP) is 1.55. The van der Waals surface area contributed by atoms with Gasteiger partial charge in [0.25, 0.3) is 5.56 Å². The van der Waals surface area contributed by atoms with E-state index in [1.165, 1.54) is 7.11 Å². The molecule has 1 N–H and O–H groups in total. The highest BCUT2D eigenvalue weighted by atomic mass is 16.5. The number of esters is 2. The SMILES string of the molecule is CCCc1nc2c(c(=O)n(CC(=O)OC)c(=O)n2CC(=O)OC)n1Cc1ccc(-c2ccccc2-c2nn[nH]n2)cc1. The average molecular weight is 573 g/mol. The van der Waals surface area contributed by atoms with E-state index >= 15 is 0 Å². The molecule has 0 saturated carbocycles. The first-order chi connectivity index (χ1) is 20.4. The Hall–Kier alpha value is -5.40. The molecule has 14 nitrogen and oxygen atoms in total. The Balaban J connectivity index is 1.61. The summed E-state index contributed by atoms with van der Waals surface area (Å²) in [4.78, 5) is 55.9. The third-order valence-corrected chi connectivity index (χ3v) is 6.82. The highest BCUT2D eigenvalue weighted by Crippen LogP contribution is 2.30. The van der Waals surface area contributed by atoms with Gasteiger partial charge in [0.1, 0.15) is 18.9 Å². The predicted molar refractivity (Wildman–Crippen MR) is 150 cm³/mol. The number of nitrogens with zero attached hydrogens (tertiary/aromatic N) is 7. The van der Waals surface area contributed by atoms with Crippen LogP contribution in [-0.4, -0.2) is 65.5 Å². The summed E-state index contributed by atoms with van der Waals surface area (Å²) in [6, 6.07) is 15.5. The maximum absolute atomic E-state index is 13.7. The number of carbonyl (C=O) groups is 2. The Morgan fingerprint density at radius 3 is 2.17 bits per heavy atom. The van der Waals surface area contributed by atoms with E-state index in [2.05, 4.69) is 25.6 Å². The second-order valence-corrected chi connectivity index (χ2v) is 9.43. The molecular weight excluding hydrogens is 544 g/mol. The van der Waals surface area contributed by atoms with E-state index in [0.29, 0.717) is 24.5 Å². The number of H-pyrrole nitrogens is 1. The van der Waals surface area contributed by atoms with Crippen molar-refractivity contribution in [2.45, 2.75) is 39.4 Å². The molecule has 216 valence electrons. The Morgan fingerprint density at radius 1 is 0.881 bits per heavy atom. The molecule has 0 bridgehead atoms. The Labute approximate surface area is 238 Å². The second kappa shape index (κ2) is 12.0. The minimum Gasteiger partial charge on any atom is -0.468 e. The van der Waals surface area contributed by atoms with Gasteiger partial charge >= 0.3 is 17.6 Å². The van der Waals surface area contributed by atoms with Crippen LogP contribution in [0, 0.1) is 0 Å². The number of benzene rings is 2. The summed E-state index contributed by atoms with van der Waals surface area (Å²) in [7, 11) is 2.35. The number of methoxy groups -OCH3 is 2. The first-order valence-electron chi connectivity index (χ1n) is 13.1. The second-order valence-electron chi connectivity index (χ2n) is 9.43. The largest absolute Gasteiger partial charge is 0.468 e. The zero-order chi connectivity index (χ0) is 29.8. The van der Waals surface area contributed by atoms with Gasteiger partial charge in [-0.15, -0.1) is 10.2 Å². The molecule has 5 rings (SSSR count). The van der Waals surface area contributed by atoms with E-state index in [-0.39, 0.29) is 17.7 Å². The van der Waals surface area contributed by atoms with Crippen LogP contribution in [0.15, 0.2) is 58.1 Å². The Bertz CT molecular complexity index is 1870. The molecule has 0 aliphatic rings. The fraction of sp³-hybridized carbons (Fsp3) is 0.286. The Morgan fingerprint density at radius 2 is 1.55 bits per heavy atom. The molecule has 2 aromatic carbocycles. The fourth-order valence-corrected chi connectivity index (χ4v) is 4.77. The van der Waals surface area contributed by atoms with Crippen LogP contribution in [0.2, 0.25) is 0 Å². The molecule has 0 radical (unpaired) electrons. The van der Waals surface area contributed by atoms with E-state index in [4.69, 9.17) is 9.47 Å². The minimum absolute atomic E-state index is 0.0469. The first kappa shape index (κ1) is 28.1. The summed E-state index contributed by atoms with van der Waals surface area (Å²) in [6.07, 6.45) is 1.22. The number of fused-ring (bicyclic) bond motifs is 1. The number of rotatable bonds is 10. The quantitative estimate of drug-likeness (QED) is 0.242. The molecule has 14 heteroatoms. The van der Waals surface area contributed by atoms with Gasteiger partial charge in [0.05, 0.1) is 14.2 Å². The van der Waals surface area contributed by atoms with Gasteiger partial charge < -0.3 is 14.0 Å². The molecule has 0 spiro atoms.